The molecule has 3 aromatic carbocycles. The van der Waals surface area contributed by atoms with Gasteiger partial charge >= 0.3 is 6.18 Å². The first kappa shape index (κ1) is 29.2. The summed E-state index contributed by atoms with van der Waals surface area (Å²) in [5.41, 5.74) is 0.231. The molecule has 0 aliphatic rings. The van der Waals surface area contributed by atoms with Crippen LogP contribution >= 0.6 is 27.7 Å². The smallest absolute Gasteiger partial charge is 0.418 e. The Morgan fingerprint density at radius 1 is 0.975 bits per heavy atom. The van der Waals surface area contributed by atoms with Crippen LogP contribution in [0.5, 0.6) is 5.75 Å². The molecule has 0 atom stereocenters. The van der Waals surface area contributed by atoms with Gasteiger partial charge in [-0.15, -0.1) is 10.2 Å². The van der Waals surface area contributed by atoms with E-state index in [1.165, 1.54) is 18.2 Å². The number of thioether (sulfide) groups is 1. The molecule has 13 heteroatoms. The molecule has 40 heavy (non-hydrogen) atoms. The van der Waals surface area contributed by atoms with Crippen molar-refractivity contribution in [1.29, 1.82) is 0 Å². The van der Waals surface area contributed by atoms with Crippen LogP contribution in [0.2, 0.25) is 0 Å². The Morgan fingerprint density at radius 3 is 2.35 bits per heavy atom. The first-order valence-electron chi connectivity index (χ1n) is 11.8. The highest BCUT2D eigenvalue weighted by Crippen LogP contribution is 2.34. The second-order valence-corrected chi connectivity index (χ2v) is 10.3. The number of ether oxygens (including phenoxy) is 1. The summed E-state index contributed by atoms with van der Waals surface area (Å²) in [4.78, 5) is 25.1. The number of para-hydroxylation sites is 1. The molecule has 208 valence electrons. The van der Waals surface area contributed by atoms with Gasteiger partial charge in [-0.25, -0.2) is 0 Å². The summed E-state index contributed by atoms with van der Waals surface area (Å²) in [6, 6.07) is 19.2. The molecule has 0 fully saturated rings. The number of aromatic nitrogens is 3. The van der Waals surface area contributed by atoms with Crippen LogP contribution in [-0.4, -0.2) is 39.4 Å². The third kappa shape index (κ3) is 7.63. The maximum atomic E-state index is 13.3. The Kier molecular flexibility index (Phi) is 9.48. The molecule has 2 N–H and O–H groups in total. The molecule has 0 aliphatic heterocycles. The molecular formula is C27H23BrF3N5O3S. The zero-order chi connectivity index (χ0) is 28.7. The first-order chi connectivity index (χ1) is 19.1. The first-order valence-corrected chi connectivity index (χ1v) is 13.6. The van der Waals surface area contributed by atoms with Gasteiger partial charge in [-0.2, -0.15) is 13.2 Å². The number of alkyl halides is 3. The van der Waals surface area contributed by atoms with Gasteiger partial charge < -0.3 is 15.4 Å². The fourth-order valence-electron chi connectivity index (χ4n) is 3.68. The van der Waals surface area contributed by atoms with Gasteiger partial charge in [0.1, 0.15) is 5.75 Å². The van der Waals surface area contributed by atoms with E-state index in [9.17, 15) is 22.8 Å². The maximum absolute atomic E-state index is 13.3. The van der Waals surface area contributed by atoms with E-state index < -0.39 is 17.6 Å². The van der Waals surface area contributed by atoms with E-state index in [0.29, 0.717) is 22.4 Å². The van der Waals surface area contributed by atoms with Gasteiger partial charge in [0.25, 0.3) is 0 Å². The summed E-state index contributed by atoms with van der Waals surface area (Å²) in [6.07, 6.45) is -4.46. The third-order valence-electron chi connectivity index (χ3n) is 5.59. The highest BCUT2D eigenvalue weighted by atomic mass is 79.9. The Morgan fingerprint density at radius 2 is 1.68 bits per heavy atom. The van der Waals surface area contributed by atoms with E-state index >= 15 is 0 Å². The van der Waals surface area contributed by atoms with Crippen LogP contribution in [0.15, 0.2) is 82.4 Å². The summed E-state index contributed by atoms with van der Waals surface area (Å²) < 4.78 is 47.5. The Hall–Kier alpha value is -3.84. The summed E-state index contributed by atoms with van der Waals surface area (Å²) in [5.74, 6) is 0.0182. The number of halogens is 4. The van der Waals surface area contributed by atoms with Crippen molar-refractivity contribution < 1.29 is 27.5 Å². The van der Waals surface area contributed by atoms with Crippen LogP contribution in [-0.2, 0) is 28.7 Å². The van der Waals surface area contributed by atoms with Gasteiger partial charge in [-0.05, 0) is 54.1 Å². The van der Waals surface area contributed by atoms with Crippen molar-refractivity contribution in [3.8, 4) is 11.4 Å². The average molecular weight is 634 g/mol. The van der Waals surface area contributed by atoms with Crippen LogP contribution in [0.3, 0.4) is 0 Å². The molecule has 4 aromatic rings. The summed E-state index contributed by atoms with van der Waals surface area (Å²) in [5, 5.41) is 13.9. The predicted molar refractivity (Wildman–Crippen MR) is 148 cm³/mol. The van der Waals surface area contributed by atoms with E-state index in [4.69, 9.17) is 4.74 Å². The van der Waals surface area contributed by atoms with Crippen LogP contribution in [0.4, 0.5) is 18.9 Å². The van der Waals surface area contributed by atoms with Crippen LogP contribution in [0.1, 0.15) is 17.0 Å². The lowest BCUT2D eigenvalue weighted by atomic mass is 10.1. The fraction of sp³-hybridized carbons (Fsp3) is 0.185. The van der Waals surface area contributed by atoms with Crippen molar-refractivity contribution in [3.05, 3.63) is 94.2 Å². The Bertz CT molecular complexity index is 1480. The van der Waals surface area contributed by atoms with Gasteiger partial charge in [-0.1, -0.05) is 52.0 Å². The van der Waals surface area contributed by atoms with Gasteiger partial charge in [0.2, 0.25) is 11.8 Å². The van der Waals surface area contributed by atoms with Crippen molar-refractivity contribution in [3.63, 3.8) is 0 Å². The zero-order valence-electron chi connectivity index (χ0n) is 21.0. The Balaban J connectivity index is 1.46. The second-order valence-electron chi connectivity index (χ2n) is 8.39. The van der Waals surface area contributed by atoms with Crippen LogP contribution < -0.4 is 15.4 Å². The highest BCUT2D eigenvalue weighted by Gasteiger charge is 2.33. The molecule has 0 unspecified atom stereocenters. The number of nitrogens with one attached hydrogen (secondary N) is 2. The minimum absolute atomic E-state index is 0.0593. The van der Waals surface area contributed by atoms with Crippen molar-refractivity contribution in [2.45, 2.75) is 24.3 Å². The number of nitrogens with zero attached hydrogens (tertiary/aromatic N) is 3. The topological polar surface area (TPSA) is 98.1 Å². The standard InChI is InChI=1S/C27H23BrF3N5O3S/c1-39-20-12-6-17(7-13-20)14-24(37)32-15-23-34-35-26(36(23)19-10-8-18(28)9-11-19)40-16-25(38)33-22-5-3-2-4-21(22)27(29,30)31/h2-13H,14-16H2,1H3,(H,32,37)(H,33,38). The molecule has 0 saturated heterocycles. The van der Waals surface area contributed by atoms with Gasteiger partial charge in [0.15, 0.2) is 11.0 Å². The average Bonchev–Trinajstić information content (AvgIpc) is 3.34. The van der Waals surface area contributed by atoms with Crippen LogP contribution in [0, 0.1) is 0 Å². The molecule has 0 bridgehead atoms. The van der Waals surface area contributed by atoms with E-state index in [1.807, 2.05) is 12.1 Å². The number of anilines is 1. The van der Waals surface area contributed by atoms with Gasteiger partial charge in [-0.3, -0.25) is 14.2 Å². The van der Waals surface area contributed by atoms with Gasteiger partial charge in [0, 0.05) is 10.2 Å². The fourth-order valence-corrected chi connectivity index (χ4v) is 4.72. The van der Waals surface area contributed by atoms with E-state index in [2.05, 4.69) is 36.8 Å². The predicted octanol–water partition coefficient (Wildman–Crippen LogP) is 5.65. The number of methoxy groups -OCH3 is 1. The number of rotatable bonds is 10. The maximum Gasteiger partial charge on any atom is 0.418 e. The lowest BCUT2D eigenvalue weighted by molar-refractivity contribution is -0.137. The molecule has 8 nitrogen and oxygen atoms in total. The number of carbonyl (C=O) groups excluding carboxylic acids is 2. The van der Waals surface area contributed by atoms with Crippen LogP contribution in [0.25, 0.3) is 5.69 Å². The van der Waals surface area contributed by atoms with Crippen molar-refractivity contribution in [1.82, 2.24) is 20.1 Å². The van der Waals surface area contributed by atoms with Crippen molar-refractivity contribution in [2.75, 3.05) is 18.2 Å². The van der Waals surface area contributed by atoms with Crippen molar-refractivity contribution >= 4 is 45.2 Å². The molecule has 1 heterocycles. The summed E-state index contributed by atoms with van der Waals surface area (Å²) in [7, 11) is 1.56. The van der Waals surface area contributed by atoms with Crippen molar-refractivity contribution in [2.24, 2.45) is 0 Å². The number of amides is 2. The minimum atomic E-state index is -4.61. The van der Waals surface area contributed by atoms with E-state index in [0.717, 1.165) is 27.9 Å². The number of carbonyl (C=O) groups is 2. The van der Waals surface area contributed by atoms with Gasteiger partial charge in [0.05, 0.1) is 37.1 Å². The van der Waals surface area contributed by atoms with E-state index in [-0.39, 0.29) is 30.3 Å². The highest BCUT2D eigenvalue weighted by molar-refractivity contribution is 9.10. The summed E-state index contributed by atoms with van der Waals surface area (Å²) in [6.45, 7) is 0.0593. The molecule has 0 radical (unpaired) electrons. The monoisotopic (exact) mass is 633 g/mol. The minimum Gasteiger partial charge on any atom is -0.497 e. The number of benzene rings is 3. The lowest BCUT2D eigenvalue weighted by Gasteiger charge is -2.14. The summed E-state index contributed by atoms with van der Waals surface area (Å²) >= 11 is 4.40. The lowest BCUT2D eigenvalue weighted by Crippen LogP contribution is -2.26. The third-order valence-corrected chi connectivity index (χ3v) is 7.05. The number of hydrogen-bond acceptors (Lipinski definition) is 6. The SMILES string of the molecule is COc1ccc(CC(=O)NCc2nnc(SCC(=O)Nc3ccccc3C(F)(F)F)n2-c2ccc(Br)cc2)cc1. The normalized spacial score (nSPS) is 11.2. The molecule has 1 aromatic heterocycles. The Labute approximate surface area is 240 Å². The molecule has 0 saturated carbocycles. The molecule has 0 spiro atoms. The quantitative estimate of drug-likeness (QED) is 0.219. The largest absolute Gasteiger partial charge is 0.497 e. The molecule has 0 aliphatic carbocycles. The molecular weight excluding hydrogens is 611 g/mol. The second kappa shape index (κ2) is 13.0. The molecule has 2 amide bonds. The number of hydrogen-bond donors (Lipinski definition) is 2. The molecule has 4 rings (SSSR count). The van der Waals surface area contributed by atoms with E-state index in [1.54, 1.807) is 48.1 Å². The zero-order valence-corrected chi connectivity index (χ0v) is 23.4.